The number of amides is 1. The van der Waals surface area contributed by atoms with Crippen LogP contribution in [0.2, 0.25) is 0 Å². The standard InChI is InChI=1S/C21H25N5O/c27-20(26-10-8-16-3-1-2-4-18(16)26)15-24-11-13-25(14-12-24)19-7-9-22-21(23-19)17-5-6-17/h1-4,7,9,17H,5-6,8,10-15H2. The van der Waals surface area contributed by atoms with E-state index in [4.69, 9.17) is 4.98 Å². The second kappa shape index (κ2) is 6.93. The molecule has 0 radical (unpaired) electrons. The van der Waals surface area contributed by atoms with Crippen LogP contribution >= 0.6 is 0 Å². The number of anilines is 2. The van der Waals surface area contributed by atoms with Crippen LogP contribution in [0.1, 0.15) is 30.1 Å². The summed E-state index contributed by atoms with van der Waals surface area (Å²) in [5, 5.41) is 0. The predicted octanol–water partition coefficient (Wildman–Crippen LogP) is 2.07. The smallest absolute Gasteiger partial charge is 0.241 e. The summed E-state index contributed by atoms with van der Waals surface area (Å²) in [6, 6.07) is 10.3. The van der Waals surface area contributed by atoms with Crippen LogP contribution in [-0.2, 0) is 11.2 Å². The summed E-state index contributed by atoms with van der Waals surface area (Å²) in [6.07, 6.45) is 5.29. The van der Waals surface area contributed by atoms with E-state index >= 15 is 0 Å². The zero-order valence-corrected chi connectivity index (χ0v) is 15.5. The minimum atomic E-state index is 0.214. The Hall–Kier alpha value is -2.47. The van der Waals surface area contributed by atoms with Gasteiger partial charge >= 0.3 is 0 Å². The van der Waals surface area contributed by atoms with Crippen molar-refractivity contribution in [3.63, 3.8) is 0 Å². The number of benzene rings is 1. The van der Waals surface area contributed by atoms with Crippen molar-refractivity contribution in [2.45, 2.75) is 25.2 Å². The maximum Gasteiger partial charge on any atom is 0.241 e. The molecule has 0 atom stereocenters. The molecule has 0 unspecified atom stereocenters. The molecule has 6 nitrogen and oxygen atoms in total. The Kier molecular flexibility index (Phi) is 4.28. The molecule has 0 spiro atoms. The van der Waals surface area contributed by atoms with Crippen LogP contribution in [0.5, 0.6) is 0 Å². The van der Waals surface area contributed by atoms with Crippen LogP contribution in [0.15, 0.2) is 36.5 Å². The molecular formula is C21H25N5O. The predicted molar refractivity (Wildman–Crippen MR) is 105 cm³/mol. The zero-order valence-electron chi connectivity index (χ0n) is 15.5. The Morgan fingerprint density at radius 3 is 2.67 bits per heavy atom. The highest BCUT2D eigenvalue weighted by Gasteiger charge is 2.29. The van der Waals surface area contributed by atoms with E-state index < -0.39 is 0 Å². The summed E-state index contributed by atoms with van der Waals surface area (Å²) in [4.78, 5) is 28.5. The van der Waals surface area contributed by atoms with Crippen molar-refractivity contribution in [1.82, 2.24) is 14.9 Å². The molecule has 1 saturated heterocycles. The molecule has 0 bridgehead atoms. The average Bonchev–Trinajstić information content (AvgIpc) is 3.47. The van der Waals surface area contributed by atoms with Crippen molar-refractivity contribution in [3.05, 3.63) is 47.9 Å². The summed E-state index contributed by atoms with van der Waals surface area (Å²) < 4.78 is 0. The quantitative estimate of drug-likeness (QED) is 0.832. The van der Waals surface area contributed by atoms with Gasteiger partial charge in [-0.1, -0.05) is 18.2 Å². The molecule has 1 aromatic heterocycles. The molecule has 6 heteroatoms. The molecule has 1 saturated carbocycles. The highest BCUT2D eigenvalue weighted by molar-refractivity contribution is 5.96. The van der Waals surface area contributed by atoms with Gasteiger partial charge in [0.2, 0.25) is 5.91 Å². The van der Waals surface area contributed by atoms with E-state index in [1.807, 2.05) is 29.3 Å². The number of hydrogen-bond donors (Lipinski definition) is 0. The van der Waals surface area contributed by atoms with E-state index in [1.54, 1.807) is 0 Å². The van der Waals surface area contributed by atoms with Crippen molar-refractivity contribution < 1.29 is 4.79 Å². The van der Waals surface area contributed by atoms with Gasteiger partial charge in [0.1, 0.15) is 11.6 Å². The summed E-state index contributed by atoms with van der Waals surface area (Å²) >= 11 is 0. The molecule has 140 valence electrons. The first-order valence-electron chi connectivity index (χ1n) is 9.96. The summed E-state index contributed by atoms with van der Waals surface area (Å²) in [5.41, 5.74) is 2.38. The van der Waals surface area contributed by atoms with Gasteiger partial charge in [-0.15, -0.1) is 0 Å². The van der Waals surface area contributed by atoms with Gasteiger partial charge in [-0.2, -0.15) is 0 Å². The molecule has 2 aliphatic heterocycles. The first-order chi connectivity index (χ1) is 13.3. The van der Waals surface area contributed by atoms with E-state index in [2.05, 4.69) is 26.9 Å². The van der Waals surface area contributed by atoms with Crippen molar-refractivity contribution >= 4 is 17.4 Å². The first-order valence-corrected chi connectivity index (χ1v) is 9.96. The molecule has 1 aliphatic carbocycles. The van der Waals surface area contributed by atoms with Gasteiger partial charge in [0.05, 0.1) is 6.54 Å². The van der Waals surface area contributed by atoms with Crippen LogP contribution in [0, 0.1) is 0 Å². The van der Waals surface area contributed by atoms with Crippen LogP contribution in [0.3, 0.4) is 0 Å². The minimum Gasteiger partial charge on any atom is -0.354 e. The topological polar surface area (TPSA) is 52.6 Å². The largest absolute Gasteiger partial charge is 0.354 e. The van der Waals surface area contributed by atoms with Gasteiger partial charge in [0.25, 0.3) is 0 Å². The number of rotatable bonds is 4. The fraction of sp³-hybridized carbons (Fsp3) is 0.476. The number of hydrogen-bond acceptors (Lipinski definition) is 5. The molecule has 3 aliphatic rings. The maximum atomic E-state index is 12.8. The molecule has 2 aromatic rings. The van der Waals surface area contributed by atoms with Gasteiger partial charge in [0, 0.05) is 50.5 Å². The lowest BCUT2D eigenvalue weighted by molar-refractivity contribution is -0.119. The summed E-state index contributed by atoms with van der Waals surface area (Å²) in [5.74, 6) is 2.82. The number of piperazine rings is 1. The Morgan fingerprint density at radius 2 is 1.85 bits per heavy atom. The number of aromatic nitrogens is 2. The number of carbonyl (C=O) groups excluding carboxylic acids is 1. The molecule has 1 amide bonds. The van der Waals surface area contributed by atoms with Gasteiger partial charge in [-0.05, 0) is 37.0 Å². The highest BCUT2D eigenvalue weighted by Crippen LogP contribution is 2.38. The molecule has 2 fully saturated rings. The third-order valence-electron chi connectivity index (χ3n) is 5.85. The van der Waals surface area contributed by atoms with E-state index in [-0.39, 0.29) is 5.91 Å². The van der Waals surface area contributed by atoms with Gasteiger partial charge in [-0.3, -0.25) is 9.69 Å². The summed E-state index contributed by atoms with van der Waals surface area (Å²) in [7, 11) is 0. The van der Waals surface area contributed by atoms with E-state index in [0.29, 0.717) is 12.5 Å². The van der Waals surface area contributed by atoms with E-state index in [9.17, 15) is 4.79 Å². The van der Waals surface area contributed by atoms with Gasteiger partial charge in [-0.25, -0.2) is 9.97 Å². The lowest BCUT2D eigenvalue weighted by atomic mass is 10.2. The normalized spacial score (nSPS) is 20.0. The molecule has 1 aromatic carbocycles. The van der Waals surface area contributed by atoms with Gasteiger partial charge in [0.15, 0.2) is 0 Å². The van der Waals surface area contributed by atoms with Crippen LogP contribution < -0.4 is 9.80 Å². The van der Waals surface area contributed by atoms with Gasteiger partial charge < -0.3 is 9.80 Å². The second-order valence-corrected chi connectivity index (χ2v) is 7.73. The Morgan fingerprint density at radius 1 is 1.04 bits per heavy atom. The number of carbonyl (C=O) groups is 1. The number of fused-ring (bicyclic) bond motifs is 1. The van der Waals surface area contributed by atoms with Crippen molar-refractivity contribution in [2.75, 3.05) is 49.1 Å². The van der Waals surface area contributed by atoms with Crippen LogP contribution in [0.25, 0.3) is 0 Å². The fourth-order valence-electron chi connectivity index (χ4n) is 4.09. The second-order valence-electron chi connectivity index (χ2n) is 7.73. The number of para-hydroxylation sites is 1. The Labute approximate surface area is 159 Å². The zero-order chi connectivity index (χ0) is 18.2. The first kappa shape index (κ1) is 16.7. The number of nitrogens with zero attached hydrogens (tertiary/aromatic N) is 5. The fourth-order valence-corrected chi connectivity index (χ4v) is 4.09. The van der Waals surface area contributed by atoms with Crippen molar-refractivity contribution in [2.24, 2.45) is 0 Å². The van der Waals surface area contributed by atoms with Crippen LogP contribution in [-0.4, -0.2) is 60.0 Å². The van der Waals surface area contributed by atoms with E-state index in [1.165, 1.54) is 18.4 Å². The van der Waals surface area contributed by atoms with E-state index in [0.717, 1.165) is 56.5 Å². The lowest BCUT2D eigenvalue weighted by Crippen LogP contribution is -2.50. The van der Waals surface area contributed by atoms with Crippen molar-refractivity contribution in [3.8, 4) is 0 Å². The molecule has 5 rings (SSSR count). The highest BCUT2D eigenvalue weighted by atomic mass is 16.2. The van der Waals surface area contributed by atoms with Crippen molar-refractivity contribution in [1.29, 1.82) is 0 Å². The Bertz CT molecular complexity index is 842. The molecule has 27 heavy (non-hydrogen) atoms. The third-order valence-corrected chi connectivity index (χ3v) is 5.85. The Balaban J connectivity index is 1.18. The minimum absolute atomic E-state index is 0.214. The average molecular weight is 363 g/mol. The molecule has 0 N–H and O–H groups in total. The molecule has 3 heterocycles. The van der Waals surface area contributed by atoms with Crippen LogP contribution in [0.4, 0.5) is 11.5 Å². The lowest BCUT2D eigenvalue weighted by Gasteiger charge is -2.35. The third kappa shape index (κ3) is 3.41. The maximum absolute atomic E-state index is 12.8. The summed E-state index contributed by atoms with van der Waals surface area (Å²) in [6.45, 7) is 4.91. The monoisotopic (exact) mass is 363 g/mol. The molecular weight excluding hydrogens is 338 g/mol. The SMILES string of the molecule is O=C(CN1CCN(c2ccnc(C3CC3)n2)CC1)N1CCc2ccccc21.